The van der Waals surface area contributed by atoms with Crippen LogP contribution in [0, 0.1) is 0 Å². The Kier molecular flexibility index (Phi) is 5.09. The monoisotopic (exact) mass is 494 g/mol. The van der Waals surface area contributed by atoms with Crippen LogP contribution in [0.2, 0.25) is 0 Å². The zero-order valence-corrected chi connectivity index (χ0v) is 21.8. The third-order valence-corrected chi connectivity index (χ3v) is 12.7. The first-order valence-electron chi connectivity index (χ1n) is 12.4. The van der Waals surface area contributed by atoms with Crippen LogP contribution < -0.4 is 0 Å². The van der Waals surface area contributed by atoms with E-state index in [0.717, 1.165) is 12.3 Å². The van der Waals surface area contributed by atoms with Gasteiger partial charge in [0.05, 0.1) is 12.2 Å². The molecule has 3 heterocycles. The van der Waals surface area contributed by atoms with Gasteiger partial charge in [0.15, 0.2) is 5.79 Å². The molecule has 35 heavy (non-hydrogen) atoms. The molecule has 1 fully saturated rings. The Morgan fingerprint density at radius 3 is 1.11 bits per heavy atom. The summed E-state index contributed by atoms with van der Waals surface area (Å²) in [6.45, 7) is 4.15. The minimum absolute atomic E-state index is 0.0812. The van der Waals surface area contributed by atoms with Gasteiger partial charge in [-0.05, 0) is 35.4 Å². The van der Waals surface area contributed by atoms with E-state index in [-0.39, 0.29) is 12.2 Å². The van der Waals surface area contributed by atoms with Gasteiger partial charge in [0, 0.05) is 32.8 Å². The fraction of sp³-hybridized carbons (Fsp3) is 0.226. The number of rotatable bonds is 4. The van der Waals surface area contributed by atoms with Gasteiger partial charge in [-0.1, -0.05) is 97.1 Å². The van der Waals surface area contributed by atoms with Crippen molar-refractivity contribution in [3.63, 3.8) is 0 Å². The summed E-state index contributed by atoms with van der Waals surface area (Å²) >= 11 is 0. The van der Waals surface area contributed by atoms with Crippen LogP contribution in [0.3, 0.4) is 0 Å². The summed E-state index contributed by atoms with van der Waals surface area (Å²) in [5.74, 6) is -0.558. The number of benzene rings is 4. The molecular weight excluding hydrogens is 466 g/mol. The largest absolute Gasteiger partial charge is 0.344 e. The van der Waals surface area contributed by atoms with Crippen LogP contribution in [-0.2, 0) is 21.8 Å². The molecule has 2 atom stereocenters. The van der Waals surface area contributed by atoms with Crippen molar-refractivity contribution in [2.75, 3.05) is 0 Å². The highest BCUT2D eigenvalue weighted by molar-refractivity contribution is 7.61. The van der Waals surface area contributed by atoms with E-state index in [1.54, 1.807) is 0 Å². The van der Waals surface area contributed by atoms with E-state index in [1.807, 2.05) is 0 Å². The lowest BCUT2D eigenvalue weighted by Gasteiger charge is -2.18. The van der Waals surface area contributed by atoms with E-state index in [9.17, 15) is 0 Å². The molecule has 0 unspecified atom stereocenters. The van der Waals surface area contributed by atoms with Crippen LogP contribution in [0.5, 0.6) is 0 Å². The average molecular weight is 495 g/mol. The summed E-state index contributed by atoms with van der Waals surface area (Å²) in [6, 6.07) is 35.8. The van der Waals surface area contributed by atoms with Gasteiger partial charge in [-0.25, -0.2) is 0 Å². The Hall–Kier alpha value is -2.60. The topological polar surface area (TPSA) is 18.5 Å². The van der Waals surface area contributed by atoms with Crippen molar-refractivity contribution in [3.05, 3.63) is 97.1 Å². The van der Waals surface area contributed by atoms with Crippen LogP contribution in [0.15, 0.2) is 97.1 Å². The lowest BCUT2D eigenvalue weighted by atomic mass is 10.2. The molecule has 174 valence electrons. The second-order valence-corrected chi connectivity index (χ2v) is 14.4. The maximum atomic E-state index is 6.64. The van der Waals surface area contributed by atoms with E-state index in [1.165, 1.54) is 42.0 Å². The highest BCUT2D eigenvalue weighted by atomic mass is 31.1. The zero-order chi connectivity index (χ0) is 23.6. The van der Waals surface area contributed by atoms with Gasteiger partial charge in [-0.15, -0.1) is 15.1 Å². The van der Waals surface area contributed by atoms with E-state index in [0.29, 0.717) is 0 Å². The van der Waals surface area contributed by atoms with Crippen LogP contribution in [0.4, 0.5) is 0 Å². The molecule has 1 saturated heterocycles. The van der Waals surface area contributed by atoms with Crippen molar-refractivity contribution in [1.29, 1.82) is 0 Å². The number of hydrogen-bond acceptors (Lipinski definition) is 2. The molecule has 1 aliphatic heterocycles. The summed E-state index contributed by atoms with van der Waals surface area (Å²) in [6.07, 6.45) is 2.17. The standard InChI is InChI=1S/C31H28O2P2/c1-31(2)32-25(19-34-27-15-7-3-11-21(27)22-12-4-8-16-28(22)34)26(33-31)20-35-29-17-9-5-13-23(29)24-14-6-10-18-30(24)35/h3-18,25-26H,19-20H2,1-2H3/t25-,26-/m0/s1. The Morgan fingerprint density at radius 1 is 0.514 bits per heavy atom. The van der Waals surface area contributed by atoms with Crippen molar-refractivity contribution in [1.82, 2.24) is 0 Å². The Balaban J connectivity index is 1.32. The van der Waals surface area contributed by atoms with Gasteiger partial charge in [0.1, 0.15) is 0 Å². The van der Waals surface area contributed by atoms with Gasteiger partial charge in [-0.3, -0.25) is 0 Å². The van der Waals surface area contributed by atoms with Crippen LogP contribution in [0.25, 0.3) is 42.0 Å². The molecule has 0 bridgehead atoms. The molecule has 1 aliphatic rings. The second kappa shape index (κ2) is 8.22. The highest BCUT2D eigenvalue weighted by Crippen LogP contribution is 2.55. The quantitative estimate of drug-likeness (QED) is 0.243. The van der Waals surface area contributed by atoms with Crippen molar-refractivity contribution in [2.45, 2.75) is 44.2 Å². The van der Waals surface area contributed by atoms with Gasteiger partial charge < -0.3 is 9.47 Å². The number of fused-ring (bicyclic) bond motifs is 6. The zero-order valence-electron chi connectivity index (χ0n) is 20.0. The van der Waals surface area contributed by atoms with Crippen LogP contribution in [0.1, 0.15) is 13.8 Å². The van der Waals surface area contributed by atoms with Gasteiger partial charge in [-0.2, -0.15) is 0 Å². The molecular formula is C31H28O2P2. The molecule has 0 spiro atoms. The Morgan fingerprint density at radius 2 is 0.800 bits per heavy atom. The maximum Gasteiger partial charge on any atom is 0.163 e. The Bertz CT molecular complexity index is 1480. The van der Waals surface area contributed by atoms with Gasteiger partial charge >= 0.3 is 0 Å². The summed E-state index contributed by atoms with van der Waals surface area (Å²) < 4.78 is 13.3. The summed E-state index contributed by atoms with van der Waals surface area (Å²) in [4.78, 5) is 0. The van der Waals surface area contributed by atoms with E-state index in [2.05, 4.69) is 111 Å². The molecule has 0 radical (unpaired) electrons. The molecule has 0 N–H and O–H groups in total. The van der Waals surface area contributed by atoms with Crippen molar-refractivity contribution >= 4 is 57.1 Å². The summed E-state index contributed by atoms with van der Waals surface area (Å²) in [5.41, 5.74) is 0. The first-order chi connectivity index (χ1) is 17.1. The van der Waals surface area contributed by atoms with E-state index >= 15 is 0 Å². The highest BCUT2D eigenvalue weighted by Gasteiger charge is 2.42. The van der Waals surface area contributed by atoms with Crippen molar-refractivity contribution in [3.8, 4) is 0 Å². The molecule has 0 saturated carbocycles. The van der Waals surface area contributed by atoms with Crippen LogP contribution in [-0.4, -0.2) is 18.0 Å². The molecule has 0 amide bonds. The van der Waals surface area contributed by atoms with E-state index < -0.39 is 20.9 Å². The van der Waals surface area contributed by atoms with Crippen LogP contribution >= 0.6 is 15.1 Å². The molecule has 4 aromatic carbocycles. The predicted octanol–water partition coefficient (Wildman–Crippen LogP) is 9.49. The van der Waals surface area contributed by atoms with Crippen molar-refractivity contribution < 1.29 is 9.47 Å². The third kappa shape index (κ3) is 3.55. The molecule has 4 heteroatoms. The fourth-order valence-corrected chi connectivity index (χ4v) is 11.6. The molecule has 2 aromatic heterocycles. The lowest BCUT2D eigenvalue weighted by Crippen LogP contribution is -2.23. The smallest absolute Gasteiger partial charge is 0.163 e. The van der Waals surface area contributed by atoms with Gasteiger partial charge in [0.25, 0.3) is 0 Å². The number of ether oxygens (including phenoxy) is 2. The first kappa shape index (κ1) is 21.7. The fourth-order valence-electron chi connectivity index (χ4n) is 5.98. The molecule has 7 rings (SSSR count). The molecule has 0 aliphatic carbocycles. The third-order valence-electron chi connectivity index (χ3n) is 7.37. The minimum atomic E-state index is -0.558. The number of hydrogen-bond donors (Lipinski definition) is 0. The molecule has 6 aromatic rings. The maximum absolute atomic E-state index is 6.64. The van der Waals surface area contributed by atoms with Gasteiger partial charge in [0.2, 0.25) is 0 Å². The molecule has 2 nitrogen and oxygen atoms in total. The Labute approximate surface area is 207 Å². The summed E-state index contributed by atoms with van der Waals surface area (Å²) in [5, 5.41) is 11.5. The second-order valence-electron chi connectivity index (χ2n) is 10.0. The first-order valence-corrected chi connectivity index (χ1v) is 15.4. The predicted molar refractivity (Wildman–Crippen MR) is 152 cm³/mol. The average Bonchev–Trinajstić information content (AvgIpc) is 3.48. The van der Waals surface area contributed by atoms with E-state index in [4.69, 9.17) is 9.47 Å². The SMILES string of the molecule is CC1(C)O[C@@H](Cp2c3ccccc3c3ccccc32)[C@H](Cp2c3ccccc3c3ccccc32)O1. The van der Waals surface area contributed by atoms with Crippen molar-refractivity contribution in [2.24, 2.45) is 0 Å². The minimum Gasteiger partial charge on any atom is -0.344 e. The normalized spacial score (nSPS) is 19.9. The lowest BCUT2D eigenvalue weighted by molar-refractivity contribution is -0.144. The summed E-state index contributed by atoms with van der Waals surface area (Å²) in [7, 11) is -0.954.